The summed E-state index contributed by atoms with van der Waals surface area (Å²) in [5.41, 5.74) is 7.62. The quantitative estimate of drug-likeness (QED) is 0.632. The van der Waals surface area contributed by atoms with E-state index in [0.29, 0.717) is 6.61 Å². The first-order chi connectivity index (χ1) is 7.22. The molecule has 2 nitrogen and oxygen atoms in total. The number of benzene rings is 1. The molecule has 1 rings (SSSR count). The number of unbranched alkanes of at least 4 members (excludes halogenated alkanes) is 2. The van der Waals surface area contributed by atoms with Crippen LogP contribution in [0.2, 0.25) is 0 Å². The number of nitrogen functional groups attached to an aromatic ring is 1. The van der Waals surface area contributed by atoms with Crippen molar-refractivity contribution in [1.29, 1.82) is 0 Å². The zero-order chi connectivity index (χ0) is 11.1. The molecule has 0 spiro atoms. The summed E-state index contributed by atoms with van der Waals surface area (Å²) < 4.78 is 6.56. The van der Waals surface area contributed by atoms with E-state index in [2.05, 4.69) is 22.9 Å². The van der Waals surface area contributed by atoms with Gasteiger partial charge in [-0.25, -0.2) is 0 Å². The van der Waals surface area contributed by atoms with Crippen molar-refractivity contribution >= 4 is 21.6 Å². The SMILES string of the molecule is CCCCCOCc1cc(N)cc(Br)c1. The number of nitrogens with two attached hydrogens (primary N) is 1. The van der Waals surface area contributed by atoms with E-state index in [0.717, 1.165) is 28.8 Å². The molecule has 0 heterocycles. The topological polar surface area (TPSA) is 35.2 Å². The molecule has 0 aliphatic rings. The number of ether oxygens (including phenoxy) is 1. The van der Waals surface area contributed by atoms with Crippen LogP contribution >= 0.6 is 15.9 Å². The third-order valence-electron chi connectivity index (χ3n) is 2.14. The Morgan fingerprint density at radius 3 is 2.73 bits per heavy atom. The summed E-state index contributed by atoms with van der Waals surface area (Å²) in [5.74, 6) is 0. The summed E-state index contributed by atoms with van der Waals surface area (Å²) >= 11 is 3.41. The van der Waals surface area contributed by atoms with Gasteiger partial charge in [0.25, 0.3) is 0 Å². The lowest BCUT2D eigenvalue weighted by atomic mass is 10.2. The van der Waals surface area contributed by atoms with Gasteiger partial charge in [0.1, 0.15) is 0 Å². The van der Waals surface area contributed by atoms with Gasteiger partial charge in [-0.2, -0.15) is 0 Å². The Labute approximate surface area is 99.9 Å². The predicted molar refractivity (Wildman–Crippen MR) is 67.7 cm³/mol. The number of anilines is 1. The molecule has 0 amide bonds. The number of halogens is 1. The minimum Gasteiger partial charge on any atom is -0.399 e. The average molecular weight is 272 g/mol. The molecule has 1 aromatic carbocycles. The molecule has 0 aliphatic heterocycles. The smallest absolute Gasteiger partial charge is 0.0718 e. The minimum absolute atomic E-state index is 0.646. The zero-order valence-corrected chi connectivity index (χ0v) is 10.7. The highest BCUT2D eigenvalue weighted by Crippen LogP contribution is 2.17. The first kappa shape index (κ1) is 12.5. The Bertz CT molecular complexity index is 281. The van der Waals surface area contributed by atoms with Crippen molar-refractivity contribution in [2.45, 2.75) is 32.8 Å². The molecule has 3 heteroatoms. The first-order valence-electron chi connectivity index (χ1n) is 5.35. The van der Waals surface area contributed by atoms with Crippen LogP contribution in [0, 0.1) is 0 Å². The lowest BCUT2D eigenvalue weighted by Gasteiger charge is -2.05. The fourth-order valence-corrected chi connectivity index (χ4v) is 1.96. The van der Waals surface area contributed by atoms with Crippen LogP contribution < -0.4 is 5.73 Å². The van der Waals surface area contributed by atoms with Crippen molar-refractivity contribution in [3.05, 3.63) is 28.2 Å². The van der Waals surface area contributed by atoms with Crippen LogP contribution in [0.25, 0.3) is 0 Å². The normalized spacial score (nSPS) is 10.5. The van der Waals surface area contributed by atoms with Crippen LogP contribution in [0.15, 0.2) is 22.7 Å². The van der Waals surface area contributed by atoms with Gasteiger partial charge in [0.15, 0.2) is 0 Å². The van der Waals surface area contributed by atoms with Crippen LogP contribution in [0.3, 0.4) is 0 Å². The molecule has 15 heavy (non-hydrogen) atoms. The van der Waals surface area contributed by atoms with Gasteiger partial charge in [-0.1, -0.05) is 35.7 Å². The summed E-state index contributed by atoms with van der Waals surface area (Å²) in [6.45, 7) is 3.67. The van der Waals surface area contributed by atoms with E-state index in [-0.39, 0.29) is 0 Å². The molecular formula is C12H18BrNO. The van der Waals surface area contributed by atoms with Crippen molar-refractivity contribution in [3.63, 3.8) is 0 Å². The second-order valence-electron chi connectivity index (χ2n) is 3.65. The predicted octanol–water partition coefficient (Wildman–Crippen LogP) is 3.74. The van der Waals surface area contributed by atoms with Crippen LogP contribution in [0.1, 0.15) is 31.7 Å². The molecule has 0 saturated heterocycles. The summed E-state index contributed by atoms with van der Waals surface area (Å²) in [7, 11) is 0. The molecular weight excluding hydrogens is 254 g/mol. The van der Waals surface area contributed by atoms with Crippen molar-refractivity contribution < 1.29 is 4.74 Å². The molecule has 0 bridgehead atoms. The molecule has 0 fully saturated rings. The monoisotopic (exact) mass is 271 g/mol. The maximum Gasteiger partial charge on any atom is 0.0718 e. The second kappa shape index (κ2) is 6.85. The van der Waals surface area contributed by atoms with Crippen molar-refractivity contribution in [2.75, 3.05) is 12.3 Å². The van der Waals surface area contributed by atoms with Gasteiger partial charge in [-0.05, 0) is 30.2 Å². The van der Waals surface area contributed by atoms with E-state index >= 15 is 0 Å². The summed E-state index contributed by atoms with van der Waals surface area (Å²) in [6.07, 6.45) is 3.60. The first-order valence-corrected chi connectivity index (χ1v) is 6.14. The fraction of sp³-hybridized carbons (Fsp3) is 0.500. The maximum absolute atomic E-state index is 5.73. The molecule has 1 aromatic rings. The van der Waals surface area contributed by atoms with Gasteiger partial charge >= 0.3 is 0 Å². The van der Waals surface area contributed by atoms with Gasteiger partial charge in [0.2, 0.25) is 0 Å². The molecule has 0 aromatic heterocycles. The van der Waals surface area contributed by atoms with Crippen LogP contribution in [-0.4, -0.2) is 6.61 Å². The van der Waals surface area contributed by atoms with Crippen molar-refractivity contribution in [2.24, 2.45) is 0 Å². The summed E-state index contributed by atoms with van der Waals surface area (Å²) in [4.78, 5) is 0. The van der Waals surface area contributed by atoms with Gasteiger partial charge in [-0.3, -0.25) is 0 Å². The number of hydrogen-bond donors (Lipinski definition) is 1. The Kier molecular flexibility index (Phi) is 5.73. The Hall–Kier alpha value is -0.540. The highest BCUT2D eigenvalue weighted by Gasteiger charge is 1.97. The van der Waals surface area contributed by atoms with Gasteiger partial charge in [-0.15, -0.1) is 0 Å². The van der Waals surface area contributed by atoms with Gasteiger partial charge < -0.3 is 10.5 Å². The molecule has 0 radical (unpaired) electrons. The fourth-order valence-electron chi connectivity index (χ4n) is 1.40. The molecule has 2 N–H and O–H groups in total. The largest absolute Gasteiger partial charge is 0.399 e. The minimum atomic E-state index is 0.646. The van der Waals surface area contributed by atoms with E-state index in [1.807, 2.05) is 18.2 Å². The molecule has 0 atom stereocenters. The van der Waals surface area contributed by atoms with E-state index in [4.69, 9.17) is 10.5 Å². The third kappa shape index (κ3) is 5.19. The Balaban J connectivity index is 2.31. The van der Waals surface area contributed by atoms with E-state index in [1.54, 1.807) is 0 Å². The Morgan fingerprint density at radius 1 is 1.27 bits per heavy atom. The van der Waals surface area contributed by atoms with Crippen molar-refractivity contribution in [1.82, 2.24) is 0 Å². The third-order valence-corrected chi connectivity index (χ3v) is 2.60. The van der Waals surface area contributed by atoms with Crippen LogP contribution in [-0.2, 0) is 11.3 Å². The van der Waals surface area contributed by atoms with Gasteiger partial charge in [0, 0.05) is 16.8 Å². The molecule has 0 unspecified atom stereocenters. The van der Waals surface area contributed by atoms with E-state index in [9.17, 15) is 0 Å². The van der Waals surface area contributed by atoms with E-state index in [1.165, 1.54) is 12.8 Å². The zero-order valence-electron chi connectivity index (χ0n) is 9.13. The van der Waals surface area contributed by atoms with Crippen LogP contribution in [0.4, 0.5) is 5.69 Å². The average Bonchev–Trinajstić information content (AvgIpc) is 2.16. The maximum atomic E-state index is 5.73. The molecule has 0 saturated carbocycles. The highest BCUT2D eigenvalue weighted by molar-refractivity contribution is 9.10. The molecule has 84 valence electrons. The number of rotatable bonds is 6. The Morgan fingerprint density at radius 2 is 2.07 bits per heavy atom. The second-order valence-corrected chi connectivity index (χ2v) is 4.57. The van der Waals surface area contributed by atoms with Crippen LogP contribution in [0.5, 0.6) is 0 Å². The highest BCUT2D eigenvalue weighted by atomic mass is 79.9. The lowest BCUT2D eigenvalue weighted by molar-refractivity contribution is 0.117. The lowest BCUT2D eigenvalue weighted by Crippen LogP contribution is -1.96. The standard InChI is InChI=1S/C12H18BrNO/c1-2-3-4-5-15-9-10-6-11(13)8-12(14)7-10/h6-8H,2-5,9,14H2,1H3. The van der Waals surface area contributed by atoms with Crippen molar-refractivity contribution in [3.8, 4) is 0 Å². The summed E-state index contributed by atoms with van der Waals surface area (Å²) in [6, 6.07) is 5.88. The molecule has 0 aliphatic carbocycles. The van der Waals surface area contributed by atoms with Gasteiger partial charge in [0.05, 0.1) is 6.61 Å². The number of hydrogen-bond acceptors (Lipinski definition) is 2. The summed E-state index contributed by atoms with van der Waals surface area (Å²) in [5, 5.41) is 0. The van der Waals surface area contributed by atoms with E-state index < -0.39 is 0 Å².